The first kappa shape index (κ1) is 19.6. The zero-order valence-electron chi connectivity index (χ0n) is 18.2. The molecule has 4 aliphatic carbocycles. The summed E-state index contributed by atoms with van der Waals surface area (Å²) < 4.78 is 10.9. The molecule has 4 nitrogen and oxygen atoms in total. The molecule has 0 aromatic carbocycles. The number of cyclic esters (lactones) is 1. The molecule has 5 rings (SSSR count). The van der Waals surface area contributed by atoms with Gasteiger partial charge in [-0.1, -0.05) is 13.8 Å². The minimum Gasteiger partial charge on any atom is -0.463 e. The molecule has 0 amide bonds. The van der Waals surface area contributed by atoms with E-state index >= 15 is 0 Å². The van der Waals surface area contributed by atoms with E-state index in [1.807, 2.05) is 0 Å². The van der Waals surface area contributed by atoms with E-state index < -0.39 is 0 Å². The zero-order valence-corrected chi connectivity index (χ0v) is 18.2. The van der Waals surface area contributed by atoms with Crippen molar-refractivity contribution in [2.45, 2.75) is 84.7 Å². The Morgan fingerprint density at radius 3 is 2.52 bits per heavy atom. The fourth-order valence-electron chi connectivity index (χ4n) is 8.76. The fourth-order valence-corrected chi connectivity index (χ4v) is 8.76. The number of hydrogen-bond acceptors (Lipinski definition) is 4. The van der Waals surface area contributed by atoms with Gasteiger partial charge in [0.05, 0.1) is 0 Å². The molecule has 0 saturated heterocycles. The molecule has 1 heterocycles. The van der Waals surface area contributed by atoms with Crippen molar-refractivity contribution in [2.75, 3.05) is 6.61 Å². The molecule has 0 aromatic heterocycles. The number of hydrogen-bond donors (Lipinski definition) is 0. The highest BCUT2D eigenvalue weighted by molar-refractivity contribution is 5.85. The second-order valence-corrected chi connectivity index (χ2v) is 11.2. The molecule has 8 atom stereocenters. The Balaban J connectivity index is 1.35. The number of rotatable bonds is 2. The van der Waals surface area contributed by atoms with Crippen molar-refractivity contribution in [2.24, 2.45) is 40.4 Å². The van der Waals surface area contributed by atoms with Crippen LogP contribution in [0, 0.1) is 40.4 Å². The molecule has 0 unspecified atom stereocenters. The summed E-state index contributed by atoms with van der Waals surface area (Å²) in [7, 11) is 0. The first-order chi connectivity index (χ1) is 13.8. The quantitative estimate of drug-likeness (QED) is 0.608. The normalized spacial score (nSPS) is 48.8. The van der Waals surface area contributed by atoms with E-state index in [0.717, 1.165) is 30.6 Å². The molecule has 4 heteroatoms. The SMILES string of the molecule is CC(=O)O[C@H]1CC[C@@]2(C)[C@@H](CC[C@H]3[C@H]4CC[C@H](C5=CC(=O)OC5)[C@@]4(C)CC[C@@H]32)C1. The lowest BCUT2D eigenvalue weighted by Crippen LogP contribution is -2.54. The standard InChI is InChI=1S/C25H36O4/c1-15(26)29-18-8-10-24(2)17(13-18)4-5-19-21-7-6-20(16-12-23(27)28-14-16)25(21,3)11-9-22(19)24/h12,17-22H,4-11,13-14H2,1-3H3/t17-,18-,19-,20+,21+,22-,24-,25+/m0/s1. The third-order valence-electron chi connectivity index (χ3n) is 10.1. The van der Waals surface area contributed by atoms with Crippen LogP contribution in [0.1, 0.15) is 78.6 Å². The summed E-state index contributed by atoms with van der Waals surface area (Å²) in [6, 6.07) is 0. The van der Waals surface area contributed by atoms with Gasteiger partial charge < -0.3 is 9.47 Å². The van der Waals surface area contributed by atoms with Crippen molar-refractivity contribution >= 4 is 11.9 Å². The Bertz CT molecular complexity index is 741. The van der Waals surface area contributed by atoms with Gasteiger partial charge in [-0.2, -0.15) is 0 Å². The van der Waals surface area contributed by atoms with E-state index in [1.54, 1.807) is 13.0 Å². The van der Waals surface area contributed by atoms with Crippen LogP contribution in [-0.4, -0.2) is 24.6 Å². The van der Waals surface area contributed by atoms with Gasteiger partial charge in [0.15, 0.2) is 0 Å². The average Bonchev–Trinajstić information content (AvgIpc) is 3.24. The van der Waals surface area contributed by atoms with Crippen molar-refractivity contribution in [3.63, 3.8) is 0 Å². The molecule has 29 heavy (non-hydrogen) atoms. The molecule has 0 aromatic rings. The molecule has 4 saturated carbocycles. The van der Waals surface area contributed by atoms with Crippen LogP contribution in [0.2, 0.25) is 0 Å². The highest BCUT2D eigenvalue weighted by atomic mass is 16.5. The van der Waals surface area contributed by atoms with E-state index in [4.69, 9.17) is 9.47 Å². The van der Waals surface area contributed by atoms with Gasteiger partial charge >= 0.3 is 11.9 Å². The van der Waals surface area contributed by atoms with Crippen LogP contribution in [0.3, 0.4) is 0 Å². The van der Waals surface area contributed by atoms with Crippen LogP contribution in [0.15, 0.2) is 11.6 Å². The Morgan fingerprint density at radius 2 is 1.79 bits per heavy atom. The lowest BCUT2D eigenvalue weighted by molar-refractivity contribution is -0.159. The molecule has 0 N–H and O–H groups in total. The highest BCUT2D eigenvalue weighted by Gasteiger charge is 2.60. The average molecular weight is 401 g/mol. The summed E-state index contributed by atoms with van der Waals surface area (Å²) in [5.74, 6) is 3.39. The molecular formula is C25H36O4. The van der Waals surface area contributed by atoms with Crippen LogP contribution in [0.4, 0.5) is 0 Å². The summed E-state index contributed by atoms with van der Waals surface area (Å²) in [4.78, 5) is 23.1. The predicted octanol–water partition coefficient (Wildman–Crippen LogP) is 5.06. The van der Waals surface area contributed by atoms with Crippen molar-refractivity contribution in [1.29, 1.82) is 0 Å². The molecule has 0 radical (unpaired) electrons. The van der Waals surface area contributed by atoms with Gasteiger partial charge in [-0.3, -0.25) is 4.79 Å². The maximum absolute atomic E-state index is 11.7. The van der Waals surface area contributed by atoms with Gasteiger partial charge in [0.2, 0.25) is 0 Å². The predicted molar refractivity (Wildman–Crippen MR) is 110 cm³/mol. The Labute approximate surface area is 174 Å². The Kier molecular flexibility index (Phi) is 4.64. The van der Waals surface area contributed by atoms with Gasteiger partial charge in [-0.05, 0) is 104 Å². The van der Waals surface area contributed by atoms with Crippen LogP contribution in [0.25, 0.3) is 0 Å². The molecule has 0 spiro atoms. The minimum atomic E-state index is -0.140. The number of carbonyl (C=O) groups excluding carboxylic acids is 2. The number of esters is 2. The monoisotopic (exact) mass is 400 g/mol. The lowest BCUT2D eigenvalue weighted by atomic mass is 9.44. The van der Waals surface area contributed by atoms with Gasteiger partial charge in [-0.25, -0.2) is 4.79 Å². The van der Waals surface area contributed by atoms with Gasteiger partial charge in [-0.15, -0.1) is 0 Å². The number of fused-ring (bicyclic) bond motifs is 5. The first-order valence-electron chi connectivity index (χ1n) is 11.9. The largest absolute Gasteiger partial charge is 0.463 e. The maximum atomic E-state index is 11.7. The third-order valence-corrected chi connectivity index (χ3v) is 10.1. The summed E-state index contributed by atoms with van der Waals surface area (Å²) >= 11 is 0. The van der Waals surface area contributed by atoms with E-state index in [9.17, 15) is 9.59 Å². The Hall–Kier alpha value is -1.32. The zero-order chi connectivity index (χ0) is 20.4. The van der Waals surface area contributed by atoms with Crippen LogP contribution >= 0.6 is 0 Å². The van der Waals surface area contributed by atoms with E-state index in [2.05, 4.69) is 13.8 Å². The summed E-state index contributed by atoms with van der Waals surface area (Å²) in [6.07, 6.45) is 13.0. The van der Waals surface area contributed by atoms with Gasteiger partial charge in [0.1, 0.15) is 12.7 Å². The number of carbonyl (C=O) groups is 2. The minimum absolute atomic E-state index is 0.124. The highest BCUT2D eigenvalue weighted by Crippen LogP contribution is 2.68. The summed E-state index contributed by atoms with van der Waals surface area (Å²) in [6.45, 7) is 7.14. The molecule has 1 aliphatic heterocycles. The van der Waals surface area contributed by atoms with Crippen LogP contribution < -0.4 is 0 Å². The fraction of sp³-hybridized carbons (Fsp3) is 0.840. The maximum Gasteiger partial charge on any atom is 0.331 e. The second kappa shape index (κ2) is 6.85. The van der Waals surface area contributed by atoms with E-state index in [1.165, 1.54) is 50.5 Å². The molecule has 160 valence electrons. The summed E-state index contributed by atoms with van der Waals surface area (Å²) in [5.41, 5.74) is 2.00. The van der Waals surface area contributed by atoms with E-state index in [-0.39, 0.29) is 18.0 Å². The lowest BCUT2D eigenvalue weighted by Gasteiger charge is -2.61. The molecule has 0 bridgehead atoms. The number of ether oxygens (including phenoxy) is 2. The van der Waals surface area contributed by atoms with Crippen molar-refractivity contribution in [3.8, 4) is 0 Å². The van der Waals surface area contributed by atoms with Gasteiger partial charge in [0.25, 0.3) is 0 Å². The van der Waals surface area contributed by atoms with Crippen molar-refractivity contribution in [3.05, 3.63) is 11.6 Å². The Morgan fingerprint density at radius 1 is 1.03 bits per heavy atom. The first-order valence-corrected chi connectivity index (χ1v) is 11.9. The van der Waals surface area contributed by atoms with Crippen LogP contribution in [-0.2, 0) is 19.1 Å². The van der Waals surface area contributed by atoms with Crippen molar-refractivity contribution < 1.29 is 19.1 Å². The van der Waals surface area contributed by atoms with Crippen LogP contribution in [0.5, 0.6) is 0 Å². The summed E-state index contributed by atoms with van der Waals surface area (Å²) in [5, 5.41) is 0. The smallest absolute Gasteiger partial charge is 0.331 e. The molecule has 5 aliphatic rings. The van der Waals surface area contributed by atoms with Crippen molar-refractivity contribution in [1.82, 2.24) is 0 Å². The molecular weight excluding hydrogens is 364 g/mol. The van der Waals surface area contributed by atoms with Gasteiger partial charge in [0, 0.05) is 13.0 Å². The molecule has 4 fully saturated rings. The topological polar surface area (TPSA) is 52.6 Å². The van der Waals surface area contributed by atoms with E-state index in [0.29, 0.717) is 29.3 Å². The second-order valence-electron chi connectivity index (χ2n) is 11.2. The third kappa shape index (κ3) is 2.99.